The van der Waals surface area contributed by atoms with E-state index in [1.165, 1.54) is 4.68 Å². The molecular formula is C22H21N7O4. The summed E-state index contributed by atoms with van der Waals surface area (Å²) >= 11 is 0. The first-order chi connectivity index (χ1) is 16.0. The van der Waals surface area contributed by atoms with E-state index in [9.17, 15) is 19.2 Å². The zero-order valence-electron chi connectivity index (χ0n) is 17.8. The smallest absolute Gasteiger partial charge is 0.273 e. The van der Waals surface area contributed by atoms with Crippen LogP contribution in [0.25, 0.3) is 21.7 Å². The molecule has 0 fully saturated rings. The van der Waals surface area contributed by atoms with Crippen LogP contribution in [-0.4, -0.2) is 36.6 Å². The fraction of sp³-hybridized carbons (Fsp3) is 0.227. The number of hydrogen-bond donors (Lipinski definition) is 2. The number of fused-ring (bicyclic) bond motifs is 2. The summed E-state index contributed by atoms with van der Waals surface area (Å²) in [6.07, 6.45) is 0.552. The lowest BCUT2D eigenvalue weighted by Crippen LogP contribution is -2.43. The van der Waals surface area contributed by atoms with E-state index in [0.29, 0.717) is 34.6 Å². The van der Waals surface area contributed by atoms with E-state index in [1.54, 1.807) is 48.5 Å². The summed E-state index contributed by atoms with van der Waals surface area (Å²) in [6, 6.07) is 13.5. The molecule has 0 aliphatic rings. The second kappa shape index (κ2) is 9.39. The summed E-state index contributed by atoms with van der Waals surface area (Å²) in [7, 11) is 0. The molecule has 168 valence electrons. The predicted molar refractivity (Wildman–Crippen MR) is 120 cm³/mol. The highest BCUT2D eigenvalue weighted by Gasteiger charge is 2.17. The number of hydrazine groups is 1. The van der Waals surface area contributed by atoms with Crippen molar-refractivity contribution in [2.24, 2.45) is 0 Å². The molecule has 0 bridgehead atoms. The third-order valence-corrected chi connectivity index (χ3v) is 5.01. The first kappa shape index (κ1) is 21.8. The third-order valence-electron chi connectivity index (χ3n) is 5.01. The van der Waals surface area contributed by atoms with E-state index >= 15 is 0 Å². The fourth-order valence-corrected chi connectivity index (χ4v) is 3.39. The molecule has 2 N–H and O–H groups in total. The molecule has 0 unspecified atom stereocenters. The van der Waals surface area contributed by atoms with Crippen molar-refractivity contribution < 1.29 is 9.59 Å². The lowest BCUT2D eigenvalue weighted by Gasteiger charge is -2.11. The van der Waals surface area contributed by atoms with Crippen LogP contribution in [0.15, 0.2) is 58.1 Å². The van der Waals surface area contributed by atoms with Gasteiger partial charge in [-0.05, 0) is 24.6 Å². The van der Waals surface area contributed by atoms with Crippen LogP contribution in [-0.2, 0) is 17.9 Å². The highest BCUT2D eigenvalue weighted by Crippen LogP contribution is 2.13. The number of nitrogens with one attached hydrogen (secondary N) is 2. The van der Waals surface area contributed by atoms with Crippen LogP contribution >= 0.6 is 0 Å². The second-order valence-corrected chi connectivity index (χ2v) is 7.31. The van der Waals surface area contributed by atoms with Crippen molar-refractivity contribution in [3.63, 3.8) is 0 Å². The Bertz CT molecular complexity index is 1480. The minimum absolute atomic E-state index is 0.0130. The Balaban J connectivity index is 1.45. The maximum atomic E-state index is 12.7. The average Bonchev–Trinajstić information content (AvgIpc) is 2.84. The lowest BCUT2D eigenvalue weighted by atomic mass is 10.1. The van der Waals surface area contributed by atoms with Crippen LogP contribution in [0, 0.1) is 0 Å². The summed E-state index contributed by atoms with van der Waals surface area (Å²) in [6.45, 7) is 2.24. The van der Waals surface area contributed by atoms with Crippen LogP contribution in [0.4, 0.5) is 0 Å². The van der Waals surface area contributed by atoms with E-state index in [-0.39, 0.29) is 29.8 Å². The van der Waals surface area contributed by atoms with Gasteiger partial charge in [-0.3, -0.25) is 30.0 Å². The molecule has 33 heavy (non-hydrogen) atoms. The Morgan fingerprint density at radius 1 is 0.848 bits per heavy atom. The van der Waals surface area contributed by atoms with Crippen molar-refractivity contribution in [2.75, 3.05) is 0 Å². The molecule has 2 aromatic heterocycles. The summed E-state index contributed by atoms with van der Waals surface area (Å²) in [5.41, 5.74) is 4.49. The van der Waals surface area contributed by atoms with Gasteiger partial charge in [-0.15, -0.1) is 5.10 Å². The summed E-state index contributed by atoms with van der Waals surface area (Å²) < 4.78 is 2.34. The van der Waals surface area contributed by atoms with Crippen molar-refractivity contribution in [3.8, 4) is 0 Å². The number of amides is 2. The van der Waals surface area contributed by atoms with Crippen LogP contribution in [0.5, 0.6) is 0 Å². The molecule has 0 radical (unpaired) electrons. The van der Waals surface area contributed by atoms with Gasteiger partial charge in [0.2, 0.25) is 5.91 Å². The molecule has 4 rings (SSSR count). The molecule has 2 aromatic carbocycles. The summed E-state index contributed by atoms with van der Waals surface area (Å²) in [5, 5.41) is 13.1. The van der Waals surface area contributed by atoms with Gasteiger partial charge >= 0.3 is 0 Å². The van der Waals surface area contributed by atoms with Crippen molar-refractivity contribution >= 4 is 33.5 Å². The highest BCUT2D eigenvalue weighted by atomic mass is 16.2. The molecule has 2 heterocycles. The number of rotatable bonds is 6. The van der Waals surface area contributed by atoms with Crippen LogP contribution in [0.3, 0.4) is 0 Å². The van der Waals surface area contributed by atoms with Gasteiger partial charge in [-0.25, -0.2) is 9.36 Å². The normalized spacial score (nSPS) is 10.9. The number of benzene rings is 2. The van der Waals surface area contributed by atoms with Crippen LogP contribution in [0.1, 0.15) is 30.3 Å². The first-order valence-corrected chi connectivity index (χ1v) is 10.4. The highest BCUT2D eigenvalue weighted by molar-refractivity contribution is 6.05. The second-order valence-electron chi connectivity index (χ2n) is 7.31. The quantitative estimate of drug-likeness (QED) is 0.416. The minimum Gasteiger partial charge on any atom is -0.273 e. The van der Waals surface area contributed by atoms with E-state index in [2.05, 4.69) is 26.3 Å². The van der Waals surface area contributed by atoms with Gasteiger partial charge < -0.3 is 0 Å². The lowest BCUT2D eigenvalue weighted by molar-refractivity contribution is -0.122. The van der Waals surface area contributed by atoms with Gasteiger partial charge in [0.1, 0.15) is 5.52 Å². The van der Waals surface area contributed by atoms with E-state index in [0.717, 1.165) is 4.68 Å². The predicted octanol–water partition coefficient (Wildman–Crippen LogP) is 0.763. The number of nitrogens with zero attached hydrogens (tertiary/aromatic N) is 5. The molecule has 0 saturated heterocycles. The molecular weight excluding hydrogens is 426 g/mol. The largest absolute Gasteiger partial charge is 0.290 e. The topological polar surface area (TPSA) is 141 Å². The molecule has 4 aromatic rings. The van der Waals surface area contributed by atoms with Crippen LogP contribution in [0.2, 0.25) is 0 Å². The monoisotopic (exact) mass is 447 g/mol. The number of aromatic nitrogens is 5. The molecule has 0 atom stereocenters. The molecule has 0 saturated carbocycles. The molecule has 11 heteroatoms. The number of hydrogen-bond acceptors (Lipinski definition) is 7. The van der Waals surface area contributed by atoms with E-state index in [4.69, 9.17) is 0 Å². The van der Waals surface area contributed by atoms with Gasteiger partial charge in [-0.2, -0.15) is 5.10 Å². The zero-order valence-corrected chi connectivity index (χ0v) is 17.8. The number of carbonyl (C=O) groups excluding carboxylic acids is 2. The van der Waals surface area contributed by atoms with E-state index < -0.39 is 11.8 Å². The van der Waals surface area contributed by atoms with Crippen LogP contribution < -0.4 is 22.0 Å². The Hall–Kier alpha value is -4.41. The number of aryl methyl sites for hydroxylation is 2. The number of carbonyl (C=O) groups is 2. The van der Waals surface area contributed by atoms with Crippen molar-refractivity contribution in [3.05, 3.63) is 74.9 Å². The minimum atomic E-state index is -0.660. The van der Waals surface area contributed by atoms with Crippen molar-refractivity contribution in [1.29, 1.82) is 0 Å². The standard InChI is InChI=1S/C22H21N7O4/c1-2-12-28-21(32)15-8-4-3-7-14(15)19(26-28)20(31)25-24-18(30)11-13-29-22(33)16-9-5-6-10-17(16)23-27-29/h3-10H,2,11-13H2,1H3,(H,24,30)(H,25,31). The maximum Gasteiger partial charge on any atom is 0.290 e. The third kappa shape index (κ3) is 4.47. The Morgan fingerprint density at radius 3 is 2.27 bits per heavy atom. The fourth-order valence-electron chi connectivity index (χ4n) is 3.39. The SMILES string of the molecule is CCCn1nc(C(=O)NNC(=O)CCn2nnc3ccccc3c2=O)c2ccccc2c1=O. The first-order valence-electron chi connectivity index (χ1n) is 10.4. The molecule has 11 nitrogen and oxygen atoms in total. The Morgan fingerprint density at radius 2 is 1.52 bits per heavy atom. The van der Waals surface area contributed by atoms with Gasteiger partial charge in [-0.1, -0.05) is 42.5 Å². The molecule has 0 spiro atoms. The average molecular weight is 447 g/mol. The van der Waals surface area contributed by atoms with Crippen molar-refractivity contribution in [1.82, 2.24) is 35.6 Å². The summed E-state index contributed by atoms with van der Waals surface area (Å²) in [5.74, 6) is -1.19. The zero-order chi connectivity index (χ0) is 23.4. The molecule has 2 amide bonds. The van der Waals surface area contributed by atoms with Crippen molar-refractivity contribution in [2.45, 2.75) is 32.9 Å². The summed E-state index contributed by atoms with van der Waals surface area (Å²) in [4.78, 5) is 50.0. The molecule has 0 aliphatic carbocycles. The van der Waals surface area contributed by atoms with Gasteiger partial charge in [0.25, 0.3) is 17.0 Å². The van der Waals surface area contributed by atoms with E-state index in [1.807, 2.05) is 6.92 Å². The molecule has 0 aliphatic heterocycles. The van der Waals surface area contributed by atoms with Gasteiger partial charge in [0.15, 0.2) is 5.69 Å². The maximum absolute atomic E-state index is 12.7. The Labute approximate surface area is 187 Å². The van der Waals surface area contributed by atoms with Gasteiger partial charge in [0, 0.05) is 18.4 Å². The Kier molecular flexibility index (Phi) is 6.20. The van der Waals surface area contributed by atoms with Gasteiger partial charge in [0.05, 0.1) is 17.3 Å².